The van der Waals surface area contributed by atoms with E-state index in [-0.39, 0.29) is 5.91 Å². The standard InChI is InChI=1S/C15H20ClNO2/c1-17(11-15(19)7-2-3-8-15)14(18)13-6-4-5-12(9-13)10-16/h4-6,9,19H,2-3,7-8,10-11H2,1H3. The summed E-state index contributed by atoms with van der Waals surface area (Å²) in [6.45, 7) is 0.400. The number of alkyl halides is 1. The number of nitrogens with zero attached hydrogens (tertiary/aromatic N) is 1. The van der Waals surface area contributed by atoms with Crippen LogP contribution in [0.3, 0.4) is 0 Å². The van der Waals surface area contributed by atoms with Crippen molar-refractivity contribution in [1.82, 2.24) is 4.90 Å². The average molecular weight is 282 g/mol. The molecule has 0 unspecified atom stereocenters. The highest BCUT2D eigenvalue weighted by Crippen LogP contribution is 2.30. The molecule has 104 valence electrons. The van der Waals surface area contributed by atoms with Crippen molar-refractivity contribution >= 4 is 17.5 Å². The Bertz CT molecular complexity index is 455. The van der Waals surface area contributed by atoms with E-state index in [1.54, 1.807) is 18.0 Å². The van der Waals surface area contributed by atoms with Gasteiger partial charge in [-0.3, -0.25) is 4.79 Å². The van der Waals surface area contributed by atoms with Crippen LogP contribution in [-0.2, 0) is 5.88 Å². The largest absolute Gasteiger partial charge is 0.388 e. The molecule has 1 amide bonds. The van der Waals surface area contributed by atoms with Crippen molar-refractivity contribution in [3.05, 3.63) is 35.4 Å². The van der Waals surface area contributed by atoms with E-state index < -0.39 is 5.60 Å². The molecule has 0 saturated heterocycles. The van der Waals surface area contributed by atoms with Gasteiger partial charge < -0.3 is 10.0 Å². The number of aliphatic hydroxyl groups is 1. The Hall–Kier alpha value is -1.06. The van der Waals surface area contributed by atoms with Crippen molar-refractivity contribution in [2.75, 3.05) is 13.6 Å². The fraction of sp³-hybridized carbons (Fsp3) is 0.533. The van der Waals surface area contributed by atoms with Crippen molar-refractivity contribution in [2.45, 2.75) is 37.2 Å². The van der Waals surface area contributed by atoms with Crippen LogP contribution in [0.1, 0.15) is 41.6 Å². The van der Waals surface area contributed by atoms with Crippen LogP contribution in [0.25, 0.3) is 0 Å². The van der Waals surface area contributed by atoms with Crippen LogP contribution in [0.2, 0.25) is 0 Å². The zero-order chi connectivity index (χ0) is 13.9. The highest BCUT2D eigenvalue weighted by Gasteiger charge is 2.33. The second kappa shape index (κ2) is 5.93. The molecule has 0 heterocycles. The molecule has 0 radical (unpaired) electrons. The van der Waals surface area contributed by atoms with E-state index in [1.807, 2.05) is 18.2 Å². The van der Waals surface area contributed by atoms with Gasteiger partial charge in [-0.15, -0.1) is 11.6 Å². The lowest BCUT2D eigenvalue weighted by molar-refractivity contribution is 0.0157. The Labute approximate surface area is 119 Å². The minimum Gasteiger partial charge on any atom is -0.388 e. The van der Waals surface area contributed by atoms with Crippen molar-refractivity contribution < 1.29 is 9.90 Å². The molecule has 1 fully saturated rings. The molecule has 3 nitrogen and oxygen atoms in total. The fourth-order valence-electron chi connectivity index (χ4n) is 2.71. The molecular formula is C15H20ClNO2. The summed E-state index contributed by atoms with van der Waals surface area (Å²) >= 11 is 5.78. The van der Waals surface area contributed by atoms with Crippen LogP contribution in [-0.4, -0.2) is 35.1 Å². The van der Waals surface area contributed by atoms with Gasteiger partial charge in [-0.1, -0.05) is 25.0 Å². The molecule has 0 bridgehead atoms. The second-order valence-corrected chi connectivity index (χ2v) is 5.69. The Morgan fingerprint density at radius 2 is 2.11 bits per heavy atom. The van der Waals surface area contributed by atoms with Gasteiger partial charge in [-0.25, -0.2) is 0 Å². The lowest BCUT2D eigenvalue weighted by atomic mass is 10.0. The molecule has 0 aliphatic heterocycles. The van der Waals surface area contributed by atoms with Gasteiger partial charge in [0.2, 0.25) is 0 Å². The van der Waals surface area contributed by atoms with Crippen LogP contribution in [0, 0.1) is 0 Å². The van der Waals surface area contributed by atoms with Crippen molar-refractivity contribution in [1.29, 1.82) is 0 Å². The molecular weight excluding hydrogens is 262 g/mol. The normalized spacial score (nSPS) is 17.4. The summed E-state index contributed by atoms with van der Waals surface area (Å²) in [5.41, 5.74) is 0.858. The number of hydrogen-bond acceptors (Lipinski definition) is 2. The number of carbonyl (C=O) groups is 1. The number of benzene rings is 1. The monoisotopic (exact) mass is 281 g/mol. The summed E-state index contributed by atoms with van der Waals surface area (Å²) in [6, 6.07) is 7.33. The third-order valence-corrected chi connectivity index (χ3v) is 4.05. The maximum atomic E-state index is 12.3. The number of rotatable bonds is 4. The summed E-state index contributed by atoms with van der Waals surface area (Å²) in [5, 5.41) is 10.3. The Morgan fingerprint density at radius 1 is 1.42 bits per heavy atom. The molecule has 19 heavy (non-hydrogen) atoms. The van der Waals surface area contributed by atoms with Crippen molar-refractivity contribution in [3.63, 3.8) is 0 Å². The first-order chi connectivity index (χ1) is 9.04. The number of amides is 1. The smallest absolute Gasteiger partial charge is 0.253 e. The maximum absolute atomic E-state index is 12.3. The number of hydrogen-bond donors (Lipinski definition) is 1. The maximum Gasteiger partial charge on any atom is 0.253 e. The minimum absolute atomic E-state index is 0.0627. The molecule has 1 saturated carbocycles. The first-order valence-electron chi connectivity index (χ1n) is 6.67. The van der Waals surface area contributed by atoms with Gasteiger partial charge in [0.1, 0.15) is 0 Å². The van der Waals surface area contributed by atoms with Crippen LogP contribution in [0.5, 0.6) is 0 Å². The van der Waals surface area contributed by atoms with Crippen molar-refractivity contribution in [2.24, 2.45) is 0 Å². The number of carbonyl (C=O) groups excluding carboxylic acids is 1. The molecule has 0 aromatic heterocycles. The molecule has 0 atom stereocenters. The predicted octanol–water partition coefficient (Wildman–Crippen LogP) is 2.80. The summed E-state index contributed by atoms with van der Waals surface area (Å²) in [4.78, 5) is 13.9. The van der Waals surface area contributed by atoms with Crippen LogP contribution in [0.4, 0.5) is 0 Å². The third kappa shape index (κ3) is 3.48. The van der Waals surface area contributed by atoms with Crippen LogP contribution < -0.4 is 0 Å². The van der Waals surface area contributed by atoms with Gasteiger partial charge >= 0.3 is 0 Å². The van der Waals surface area contributed by atoms with Gasteiger partial charge in [0.25, 0.3) is 5.91 Å². The predicted molar refractivity (Wildman–Crippen MR) is 76.4 cm³/mol. The van der Waals surface area contributed by atoms with E-state index in [2.05, 4.69) is 0 Å². The molecule has 1 aliphatic rings. The van der Waals surface area contributed by atoms with E-state index in [0.29, 0.717) is 18.0 Å². The van der Waals surface area contributed by atoms with Crippen LogP contribution >= 0.6 is 11.6 Å². The third-order valence-electron chi connectivity index (χ3n) is 3.74. The average Bonchev–Trinajstić information content (AvgIpc) is 2.84. The number of likely N-dealkylation sites (N-methyl/N-ethyl adjacent to an activating group) is 1. The quantitative estimate of drug-likeness (QED) is 0.862. The first-order valence-corrected chi connectivity index (χ1v) is 7.20. The molecule has 4 heteroatoms. The van der Waals surface area contributed by atoms with Gasteiger partial charge in [0.05, 0.1) is 5.60 Å². The summed E-state index contributed by atoms with van der Waals surface area (Å²) in [5.74, 6) is 0.335. The second-order valence-electron chi connectivity index (χ2n) is 5.43. The fourth-order valence-corrected chi connectivity index (χ4v) is 2.88. The Kier molecular flexibility index (Phi) is 4.48. The summed E-state index contributed by atoms with van der Waals surface area (Å²) < 4.78 is 0. The van der Waals surface area contributed by atoms with Crippen molar-refractivity contribution in [3.8, 4) is 0 Å². The first kappa shape index (κ1) is 14.4. The Morgan fingerprint density at radius 3 is 2.74 bits per heavy atom. The number of halogens is 1. The molecule has 1 aromatic carbocycles. The van der Waals surface area contributed by atoms with Gasteiger partial charge in [-0.05, 0) is 30.5 Å². The highest BCUT2D eigenvalue weighted by molar-refractivity contribution is 6.17. The zero-order valence-corrected chi connectivity index (χ0v) is 12.0. The molecule has 2 rings (SSSR count). The van der Waals surface area contributed by atoms with E-state index >= 15 is 0 Å². The molecule has 1 N–H and O–H groups in total. The molecule has 1 aromatic rings. The minimum atomic E-state index is -0.700. The van der Waals surface area contributed by atoms with Gasteiger partial charge in [-0.2, -0.15) is 0 Å². The van der Waals surface area contributed by atoms with Gasteiger partial charge in [0, 0.05) is 25.0 Å². The lowest BCUT2D eigenvalue weighted by Gasteiger charge is -2.28. The summed E-state index contributed by atoms with van der Waals surface area (Å²) in [6.07, 6.45) is 3.65. The van der Waals surface area contributed by atoms with Crippen LogP contribution in [0.15, 0.2) is 24.3 Å². The van der Waals surface area contributed by atoms with E-state index in [1.165, 1.54) is 0 Å². The lowest BCUT2D eigenvalue weighted by Crippen LogP contribution is -2.42. The molecule has 1 aliphatic carbocycles. The topological polar surface area (TPSA) is 40.5 Å². The Balaban J connectivity index is 2.05. The van der Waals surface area contributed by atoms with Gasteiger partial charge in [0.15, 0.2) is 0 Å². The zero-order valence-electron chi connectivity index (χ0n) is 11.2. The molecule has 0 spiro atoms. The van der Waals surface area contributed by atoms with E-state index in [0.717, 1.165) is 31.2 Å². The summed E-state index contributed by atoms with van der Waals surface area (Å²) in [7, 11) is 1.74. The SMILES string of the molecule is CN(CC1(O)CCCC1)C(=O)c1cccc(CCl)c1. The highest BCUT2D eigenvalue weighted by atomic mass is 35.5. The van der Waals surface area contributed by atoms with E-state index in [4.69, 9.17) is 11.6 Å². The van der Waals surface area contributed by atoms with E-state index in [9.17, 15) is 9.90 Å².